The molecule has 0 aromatic heterocycles. The number of nitrogens with one attached hydrogen (secondary N) is 2. The summed E-state index contributed by atoms with van der Waals surface area (Å²) in [5.74, 6) is -0.165. The quantitative estimate of drug-likeness (QED) is 0.627. The molecule has 1 atom stereocenters. The van der Waals surface area contributed by atoms with E-state index in [-0.39, 0.29) is 18.1 Å². The van der Waals surface area contributed by atoms with Crippen molar-refractivity contribution in [2.24, 2.45) is 0 Å². The molecular weight excluding hydrogens is 294 g/mol. The second-order valence-corrected chi connectivity index (χ2v) is 5.60. The fourth-order valence-corrected chi connectivity index (χ4v) is 2.33. The summed E-state index contributed by atoms with van der Waals surface area (Å²) < 4.78 is 0. The van der Waals surface area contributed by atoms with Crippen LogP contribution in [0.1, 0.15) is 11.1 Å². The number of hydrogen-bond donors (Lipinski definition) is 2. The van der Waals surface area contributed by atoms with Crippen LogP contribution < -0.4 is 10.2 Å². The van der Waals surface area contributed by atoms with Crippen molar-refractivity contribution in [2.75, 3.05) is 18.9 Å². The summed E-state index contributed by atoms with van der Waals surface area (Å²) >= 11 is 0. The van der Waals surface area contributed by atoms with Crippen LogP contribution >= 0.6 is 0 Å². The number of anilines is 1. The van der Waals surface area contributed by atoms with Gasteiger partial charge in [0.05, 0.1) is 17.7 Å². The lowest BCUT2D eigenvalue weighted by molar-refractivity contribution is -0.885. The molecule has 120 valence electrons. The summed E-state index contributed by atoms with van der Waals surface area (Å²) in [7, 11) is 1.94. The molecule has 0 bridgehead atoms. The lowest BCUT2D eigenvalue weighted by Gasteiger charge is -2.14. The van der Waals surface area contributed by atoms with Crippen molar-refractivity contribution in [3.8, 4) is 0 Å². The third kappa shape index (κ3) is 4.89. The normalized spacial score (nSPS) is 11.7. The van der Waals surface area contributed by atoms with Gasteiger partial charge in [0.25, 0.3) is 11.6 Å². The molecule has 0 saturated heterocycles. The van der Waals surface area contributed by atoms with Gasteiger partial charge in [-0.1, -0.05) is 36.4 Å². The molecule has 1 amide bonds. The minimum Gasteiger partial charge on any atom is -0.326 e. The Balaban J connectivity index is 1.96. The molecule has 0 spiro atoms. The molecule has 0 saturated carbocycles. The van der Waals surface area contributed by atoms with Gasteiger partial charge in [0.1, 0.15) is 6.54 Å². The van der Waals surface area contributed by atoms with Crippen LogP contribution in [0.3, 0.4) is 0 Å². The van der Waals surface area contributed by atoms with Crippen LogP contribution in [-0.2, 0) is 11.3 Å². The highest BCUT2D eigenvalue weighted by molar-refractivity contribution is 5.92. The highest BCUT2D eigenvalue weighted by atomic mass is 16.6. The summed E-state index contributed by atoms with van der Waals surface area (Å²) in [6.07, 6.45) is 0. The molecule has 0 radical (unpaired) electrons. The van der Waals surface area contributed by atoms with Gasteiger partial charge < -0.3 is 10.2 Å². The van der Waals surface area contributed by atoms with Crippen LogP contribution in [0.25, 0.3) is 0 Å². The van der Waals surface area contributed by atoms with Gasteiger partial charge in [-0.2, -0.15) is 0 Å². The third-order valence-corrected chi connectivity index (χ3v) is 3.52. The molecule has 0 aliphatic carbocycles. The highest BCUT2D eigenvalue weighted by Crippen LogP contribution is 2.21. The maximum Gasteiger partial charge on any atom is 0.279 e. The van der Waals surface area contributed by atoms with Gasteiger partial charge in [0, 0.05) is 17.7 Å². The number of amides is 1. The van der Waals surface area contributed by atoms with Crippen molar-refractivity contribution in [3.05, 3.63) is 69.8 Å². The predicted octanol–water partition coefficient (Wildman–Crippen LogP) is 1.56. The Bertz CT molecular complexity index is 701. The molecule has 2 aromatic rings. The number of hydrogen-bond acceptors (Lipinski definition) is 3. The summed E-state index contributed by atoms with van der Waals surface area (Å²) in [5, 5.41) is 13.6. The van der Waals surface area contributed by atoms with Crippen molar-refractivity contribution in [1.82, 2.24) is 0 Å². The Morgan fingerprint density at radius 1 is 1.22 bits per heavy atom. The van der Waals surface area contributed by atoms with Gasteiger partial charge in [0.15, 0.2) is 6.54 Å². The molecule has 6 nitrogen and oxygen atoms in total. The molecule has 6 heteroatoms. The number of quaternary nitrogens is 1. The van der Waals surface area contributed by atoms with Gasteiger partial charge >= 0.3 is 0 Å². The van der Waals surface area contributed by atoms with Crippen LogP contribution in [0.2, 0.25) is 0 Å². The lowest BCUT2D eigenvalue weighted by atomic mass is 10.2. The topological polar surface area (TPSA) is 76.7 Å². The van der Waals surface area contributed by atoms with Crippen LogP contribution in [0.4, 0.5) is 11.4 Å². The molecule has 0 heterocycles. The van der Waals surface area contributed by atoms with E-state index < -0.39 is 4.92 Å². The number of non-ortho nitro benzene ring substituents is 1. The molecule has 23 heavy (non-hydrogen) atoms. The van der Waals surface area contributed by atoms with Crippen molar-refractivity contribution >= 4 is 17.3 Å². The smallest absolute Gasteiger partial charge is 0.279 e. The largest absolute Gasteiger partial charge is 0.326 e. The number of likely N-dealkylation sites (N-methyl/N-ethyl adjacent to an activating group) is 1. The maximum atomic E-state index is 12.1. The fraction of sp³-hybridized carbons (Fsp3) is 0.235. The van der Waals surface area contributed by atoms with Gasteiger partial charge in [0.2, 0.25) is 0 Å². The summed E-state index contributed by atoms with van der Waals surface area (Å²) in [5.41, 5.74) is 2.40. The second-order valence-electron chi connectivity index (χ2n) is 5.60. The van der Waals surface area contributed by atoms with E-state index in [0.29, 0.717) is 5.69 Å². The minimum absolute atomic E-state index is 0.0316. The Morgan fingerprint density at radius 3 is 2.57 bits per heavy atom. The van der Waals surface area contributed by atoms with Crippen LogP contribution in [-0.4, -0.2) is 24.4 Å². The van der Waals surface area contributed by atoms with Crippen molar-refractivity contribution in [3.63, 3.8) is 0 Å². The van der Waals surface area contributed by atoms with Crippen molar-refractivity contribution in [1.29, 1.82) is 0 Å². The van der Waals surface area contributed by atoms with Crippen LogP contribution in [0.15, 0.2) is 48.5 Å². The Morgan fingerprint density at radius 2 is 1.91 bits per heavy atom. The fourth-order valence-electron chi connectivity index (χ4n) is 2.33. The standard InChI is InChI=1S/C17H19N3O3/c1-13-8-9-15(20(22)23)10-16(13)18-17(21)12-19(2)11-14-6-4-3-5-7-14/h3-10H,11-12H2,1-2H3,(H,18,21)/p+1. The van der Waals surface area contributed by atoms with E-state index in [2.05, 4.69) is 5.32 Å². The highest BCUT2D eigenvalue weighted by Gasteiger charge is 2.14. The first-order valence-corrected chi connectivity index (χ1v) is 7.36. The van der Waals surface area contributed by atoms with E-state index in [4.69, 9.17) is 0 Å². The maximum absolute atomic E-state index is 12.1. The first-order chi connectivity index (χ1) is 11.0. The van der Waals surface area contributed by atoms with Crippen molar-refractivity contribution in [2.45, 2.75) is 13.5 Å². The predicted molar refractivity (Wildman–Crippen MR) is 88.4 cm³/mol. The van der Waals surface area contributed by atoms with Gasteiger partial charge in [-0.05, 0) is 12.5 Å². The summed E-state index contributed by atoms with van der Waals surface area (Å²) in [6.45, 7) is 2.83. The number of nitro benzene ring substituents is 1. The van der Waals surface area contributed by atoms with Gasteiger partial charge in [-0.25, -0.2) is 0 Å². The zero-order valence-corrected chi connectivity index (χ0v) is 13.2. The minimum atomic E-state index is -0.470. The summed E-state index contributed by atoms with van der Waals surface area (Å²) in [6, 6.07) is 14.4. The molecule has 2 N–H and O–H groups in total. The average Bonchev–Trinajstić information content (AvgIpc) is 2.50. The number of carbonyl (C=O) groups is 1. The van der Waals surface area contributed by atoms with E-state index >= 15 is 0 Å². The number of benzene rings is 2. The van der Waals surface area contributed by atoms with E-state index in [1.165, 1.54) is 12.1 Å². The van der Waals surface area contributed by atoms with Gasteiger partial charge in [-0.3, -0.25) is 14.9 Å². The van der Waals surface area contributed by atoms with E-state index in [0.717, 1.165) is 22.6 Å². The Hall–Kier alpha value is -2.73. The van der Waals surface area contributed by atoms with Crippen molar-refractivity contribution < 1.29 is 14.6 Å². The zero-order chi connectivity index (χ0) is 16.8. The molecule has 2 rings (SSSR count). The molecule has 1 unspecified atom stereocenters. The number of aryl methyl sites for hydroxylation is 1. The molecule has 0 aliphatic heterocycles. The lowest BCUT2D eigenvalue weighted by Crippen LogP contribution is -3.08. The zero-order valence-electron chi connectivity index (χ0n) is 13.2. The third-order valence-electron chi connectivity index (χ3n) is 3.52. The Kier molecular flexibility index (Phi) is 5.43. The van der Waals surface area contributed by atoms with E-state index in [9.17, 15) is 14.9 Å². The first-order valence-electron chi connectivity index (χ1n) is 7.36. The molecule has 0 fully saturated rings. The average molecular weight is 314 g/mol. The SMILES string of the molecule is Cc1ccc([N+](=O)[O-])cc1NC(=O)C[NH+](C)Cc1ccccc1. The second kappa shape index (κ2) is 7.51. The monoisotopic (exact) mass is 314 g/mol. The van der Waals surface area contributed by atoms with E-state index in [1.54, 1.807) is 13.0 Å². The molecular formula is C17H20N3O3+. The molecule has 2 aromatic carbocycles. The summed E-state index contributed by atoms with van der Waals surface area (Å²) in [4.78, 5) is 23.5. The first kappa shape index (κ1) is 16.6. The van der Waals surface area contributed by atoms with Crippen LogP contribution in [0.5, 0.6) is 0 Å². The number of nitrogens with zero attached hydrogens (tertiary/aromatic N) is 1. The number of nitro groups is 1. The number of carbonyl (C=O) groups excluding carboxylic acids is 1. The Labute approximate surface area is 134 Å². The molecule has 0 aliphatic rings. The van der Waals surface area contributed by atoms with Crippen LogP contribution in [0, 0.1) is 17.0 Å². The number of rotatable bonds is 6. The van der Waals surface area contributed by atoms with E-state index in [1.807, 2.05) is 37.4 Å². The van der Waals surface area contributed by atoms with Gasteiger partial charge in [-0.15, -0.1) is 0 Å².